The van der Waals surface area contributed by atoms with E-state index in [0.717, 1.165) is 18.9 Å². The Hall–Kier alpha value is -0.730. The fourth-order valence-corrected chi connectivity index (χ4v) is 1.61. The van der Waals surface area contributed by atoms with Gasteiger partial charge >= 0.3 is 0 Å². The van der Waals surface area contributed by atoms with Crippen molar-refractivity contribution in [3.63, 3.8) is 0 Å². The van der Waals surface area contributed by atoms with Gasteiger partial charge in [0, 0.05) is 11.6 Å². The highest BCUT2D eigenvalue weighted by Crippen LogP contribution is 2.30. The lowest BCUT2D eigenvalue weighted by molar-refractivity contribution is 0.316. The van der Waals surface area contributed by atoms with Crippen LogP contribution in [0.5, 0.6) is 5.75 Å². The highest BCUT2D eigenvalue weighted by molar-refractivity contribution is 5.85. The molecule has 0 aliphatic carbocycles. The number of halogens is 1. The smallest absolute Gasteiger partial charge is 0.124 e. The highest BCUT2D eigenvalue weighted by atomic mass is 35.5. The Morgan fingerprint density at radius 3 is 2.71 bits per heavy atom. The van der Waals surface area contributed by atoms with E-state index in [1.54, 1.807) is 0 Å². The standard InChI is InChI=1S/C11H15NO.ClH/c1-2-13-11-6-4-3-5-9(11)10-7-8-12-10;/h3-6,10,12H,2,7-8H2,1H3;1H/t10-;/m0./s1. The van der Waals surface area contributed by atoms with Crippen molar-refractivity contribution in [2.24, 2.45) is 0 Å². The van der Waals surface area contributed by atoms with Crippen LogP contribution in [0, 0.1) is 0 Å². The number of ether oxygens (including phenoxy) is 1. The van der Waals surface area contributed by atoms with Crippen LogP contribution >= 0.6 is 12.4 Å². The summed E-state index contributed by atoms with van der Waals surface area (Å²) >= 11 is 0. The van der Waals surface area contributed by atoms with Gasteiger partial charge in [-0.15, -0.1) is 12.4 Å². The second-order valence-corrected chi connectivity index (χ2v) is 3.27. The third-order valence-corrected chi connectivity index (χ3v) is 2.42. The second-order valence-electron chi connectivity index (χ2n) is 3.27. The van der Waals surface area contributed by atoms with Crippen LogP contribution in [-0.4, -0.2) is 13.2 Å². The summed E-state index contributed by atoms with van der Waals surface area (Å²) in [5.41, 5.74) is 1.30. The predicted octanol–water partition coefficient (Wildman–Crippen LogP) is 2.54. The van der Waals surface area contributed by atoms with Crippen LogP contribution in [-0.2, 0) is 0 Å². The molecule has 1 fully saturated rings. The molecule has 1 aliphatic rings. The molecular weight excluding hydrogens is 198 g/mol. The zero-order valence-corrected chi connectivity index (χ0v) is 9.14. The lowest BCUT2D eigenvalue weighted by Gasteiger charge is -2.29. The molecule has 1 aromatic carbocycles. The fraction of sp³-hybridized carbons (Fsp3) is 0.455. The third kappa shape index (κ3) is 2.20. The fourth-order valence-electron chi connectivity index (χ4n) is 1.61. The first-order valence-electron chi connectivity index (χ1n) is 4.87. The van der Waals surface area contributed by atoms with Gasteiger partial charge in [-0.25, -0.2) is 0 Å². The summed E-state index contributed by atoms with van der Waals surface area (Å²) in [5, 5.41) is 3.38. The van der Waals surface area contributed by atoms with Crippen LogP contribution in [0.2, 0.25) is 0 Å². The van der Waals surface area contributed by atoms with Crippen molar-refractivity contribution in [2.75, 3.05) is 13.2 Å². The molecule has 1 saturated heterocycles. The molecule has 14 heavy (non-hydrogen) atoms. The van der Waals surface area contributed by atoms with Crippen LogP contribution in [0.3, 0.4) is 0 Å². The minimum atomic E-state index is 0. The van der Waals surface area contributed by atoms with Gasteiger partial charge in [-0.2, -0.15) is 0 Å². The number of benzene rings is 1. The van der Waals surface area contributed by atoms with Crippen molar-refractivity contribution >= 4 is 12.4 Å². The third-order valence-electron chi connectivity index (χ3n) is 2.42. The van der Waals surface area contributed by atoms with E-state index in [-0.39, 0.29) is 12.4 Å². The number of hydrogen-bond acceptors (Lipinski definition) is 2. The van der Waals surface area contributed by atoms with Crippen LogP contribution < -0.4 is 10.1 Å². The number of para-hydroxylation sites is 1. The van der Waals surface area contributed by atoms with Crippen molar-refractivity contribution in [3.05, 3.63) is 29.8 Å². The molecule has 0 saturated carbocycles. The van der Waals surface area contributed by atoms with Crippen LogP contribution in [0.1, 0.15) is 24.9 Å². The van der Waals surface area contributed by atoms with E-state index in [4.69, 9.17) is 4.74 Å². The van der Waals surface area contributed by atoms with Gasteiger partial charge in [0.05, 0.1) is 6.61 Å². The monoisotopic (exact) mass is 213 g/mol. The van der Waals surface area contributed by atoms with Gasteiger partial charge in [0.25, 0.3) is 0 Å². The predicted molar refractivity (Wildman–Crippen MR) is 60.2 cm³/mol. The van der Waals surface area contributed by atoms with Gasteiger partial charge in [0.1, 0.15) is 5.75 Å². The maximum atomic E-state index is 5.55. The van der Waals surface area contributed by atoms with Crippen molar-refractivity contribution in [3.8, 4) is 5.75 Å². The zero-order chi connectivity index (χ0) is 9.10. The van der Waals surface area contributed by atoms with Crippen molar-refractivity contribution in [2.45, 2.75) is 19.4 Å². The summed E-state index contributed by atoms with van der Waals surface area (Å²) in [6.07, 6.45) is 1.23. The Bertz CT molecular complexity index is 286. The topological polar surface area (TPSA) is 21.3 Å². The molecule has 0 spiro atoms. The van der Waals surface area contributed by atoms with E-state index in [1.807, 2.05) is 19.1 Å². The molecule has 3 heteroatoms. The zero-order valence-electron chi connectivity index (χ0n) is 8.32. The molecule has 0 unspecified atom stereocenters. The van der Waals surface area contributed by atoms with Gasteiger partial charge in [-0.3, -0.25) is 0 Å². The van der Waals surface area contributed by atoms with Crippen LogP contribution in [0.25, 0.3) is 0 Å². The van der Waals surface area contributed by atoms with Gasteiger partial charge < -0.3 is 10.1 Å². The van der Waals surface area contributed by atoms with Crippen LogP contribution in [0.15, 0.2) is 24.3 Å². The molecule has 1 aromatic rings. The number of hydrogen-bond donors (Lipinski definition) is 1. The Labute approximate surface area is 91.1 Å². The van der Waals surface area contributed by atoms with Gasteiger partial charge in [0.15, 0.2) is 0 Å². The average molecular weight is 214 g/mol. The van der Waals surface area contributed by atoms with E-state index in [1.165, 1.54) is 12.0 Å². The van der Waals surface area contributed by atoms with E-state index in [2.05, 4.69) is 17.4 Å². The summed E-state index contributed by atoms with van der Waals surface area (Å²) < 4.78 is 5.55. The highest BCUT2D eigenvalue weighted by Gasteiger charge is 2.21. The van der Waals surface area contributed by atoms with E-state index in [0.29, 0.717) is 6.04 Å². The van der Waals surface area contributed by atoms with Gasteiger partial charge in [0.2, 0.25) is 0 Å². The Kier molecular flexibility index (Phi) is 4.23. The summed E-state index contributed by atoms with van der Waals surface area (Å²) in [4.78, 5) is 0. The molecule has 2 nitrogen and oxygen atoms in total. The summed E-state index contributed by atoms with van der Waals surface area (Å²) in [7, 11) is 0. The van der Waals surface area contributed by atoms with Gasteiger partial charge in [-0.05, 0) is 26.0 Å². The number of rotatable bonds is 3. The molecule has 2 rings (SSSR count). The molecule has 1 N–H and O–H groups in total. The molecule has 78 valence electrons. The SMILES string of the molecule is CCOc1ccccc1[C@@H]1CCN1.Cl. The summed E-state index contributed by atoms with van der Waals surface area (Å²) in [5.74, 6) is 1.03. The molecule has 0 radical (unpaired) electrons. The Morgan fingerprint density at radius 1 is 1.43 bits per heavy atom. The molecule has 0 aromatic heterocycles. The average Bonchev–Trinajstić information content (AvgIpc) is 2.05. The van der Waals surface area contributed by atoms with E-state index >= 15 is 0 Å². The molecule has 1 aliphatic heterocycles. The van der Waals surface area contributed by atoms with Crippen molar-refractivity contribution in [1.29, 1.82) is 0 Å². The lowest BCUT2D eigenvalue weighted by atomic mass is 9.97. The second kappa shape index (κ2) is 5.23. The number of nitrogens with one attached hydrogen (secondary N) is 1. The minimum absolute atomic E-state index is 0. The lowest BCUT2D eigenvalue weighted by Crippen LogP contribution is -2.35. The first kappa shape index (κ1) is 11.3. The molecular formula is C11H16ClNO. The molecule has 1 heterocycles. The Morgan fingerprint density at radius 2 is 2.14 bits per heavy atom. The van der Waals surface area contributed by atoms with Gasteiger partial charge in [-0.1, -0.05) is 18.2 Å². The summed E-state index contributed by atoms with van der Waals surface area (Å²) in [6.45, 7) is 3.89. The minimum Gasteiger partial charge on any atom is -0.494 e. The first-order chi connectivity index (χ1) is 6.42. The maximum Gasteiger partial charge on any atom is 0.124 e. The Balaban J connectivity index is 0.000000980. The summed E-state index contributed by atoms with van der Waals surface area (Å²) in [6, 6.07) is 8.79. The van der Waals surface area contributed by atoms with Crippen LogP contribution in [0.4, 0.5) is 0 Å². The van der Waals surface area contributed by atoms with Crippen molar-refractivity contribution in [1.82, 2.24) is 5.32 Å². The maximum absolute atomic E-state index is 5.55. The molecule has 0 bridgehead atoms. The molecule has 0 amide bonds. The largest absolute Gasteiger partial charge is 0.494 e. The van der Waals surface area contributed by atoms with E-state index in [9.17, 15) is 0 Å². The normalized spacial score (nSPS) is 19.4. The quantitative estimate of drug-likeness (QED) is 0.834. The first-order valence-corrected chi connectivity index (χ1v) is 4.87. The van der Waals surface area contributed by atoms with Crippen molar-refractivity contribution < 1.29 is 4.74 Å². The molecule has 1 atom stereocenters. The van der Waals surface area contributed by atoms with E-state index < -0.39 is 0 Å².